The lowest BCUT2D eigenvalue weighted by Crippen LogP contribution is -2.37. The van der Waals surface area contributed by atoms with Crippen molar-refractivity contribution in [2.45, 2.75) is 17.9 Å². The van der Waals surface area contributed by atoms with Crippen molar-refractivity contribution in [2.75, 3.05) is 13.7 Å². The number of methoxy groups -OCH3 is 1. The summed E-state index contributed by atoms with van der Waals surface area (Å²) in [7, 11) is -2.57. The molecule has 106 valence electrons. The molecule has 3 N–H and O–H groups in total. The third-order valence-corrected chi connectivity index (χ3v) is 3.95. The number of rotatable bonds is 6. The first-order valence-corrected chi connectivity index (χ1v) is 6.85. The fraction of sp³-hybridized carbons (Fsp3) is 0.400. The summed E-state index contributed by atoms with van der Waals surface area (Å²) in [4.78, 5) is 9.92. The van der Waals surface area contributed by atoms with Gasteiger partial charge in [0.1, 0.15) is 0 Å². The molecule has 19 heavy (non-hydrogen) atoms. The number of nitro groups is 1. The van der Waals surface area contributed by atoms with Gasteiger partial charge in [-0.1, -0.05) is 0 Å². The molecule has 9 heteroatoms. The fourth-order valence-corrected chi connectivity index (χ4v) is 2.64. The topological polar surface area (TPSA) is 125 Å². The van der Waals surface area contributed by atoms with Gasteiger partial charge in [-0.15, -0.1) is 0 Å². The van der Waals surface area contributed by atoms with E-state index in [-0.39, 0.29) is 17.2 Å². The van der Waals surface area contributed by atoms with E-state index in [2.05, 4.69) is 4.72 Å². The Hall–Kier alpha value is -1.71. The molecule has 0 fully saturated rings. The Morgan fingerprint density at radius 1 is 1.53 bits per heavy atom. The van der Waals surface area contributed by atoms with Gasteiger partial charge in [-0.2, -0.15) is 0 Å². The van der Waals surface area contributed by atoms with E-state index < -0.39 is 26.7 Å². The highest BCUT2D eigenvalue weighted by atomic mass is 32.2. The van der Waals surface area contributed by atoms with Crippen molar-refractivity contribution in [1.82, 2.24) is 4.72 Å². The van der Waals surface area contributed by atoms with Crippen LogP contribution in [0.5, 0.6) is 5.75 Å². The van der Waals surface area contributed by atoms with Crippen molar-refractivity contribution in [3.8, 4) is 5.75 Å². The minimum absolute atomic E-state index is 0.00387. The fourth-order valence-electron chi connectivity index (χ4n) is 1.36. The Morgan fingerprint density at radius 2 is 2.16 bits per heavy atom. The van der Waals surface area contributed by atoms with Crippen LogP contribution in [0.25, 0.3) is 0 Å². The molecule has 0 spiro atoms. The minimum Gasteiger partial charge on any atom is -0.490 e. The maximum absolute atomic E-state index is 11.9. The zero-order valence-electron chi connectivity index (χ0n) is 10.5. The van der Waals surface area contributed by atoms with Gasteiger partial charge in [-0.05, 0) is 19.1 Å². The summed E-state index contributed by atoms with van der Waals surface area (Å²) in [5, 5.41) is 10.8. The van der Waals surface area contributed by atoms with Crippen molar-refractivity contribution in [3.63, 3.8) is 0 Å². The molecule has 0 bridgehead atoms. The molecule has 1 rings (SSSR count). The maximum Gasteiger partial charge on any atom is 0.312 e. The van der Waals surface area contributed by atoms with Gasteiger partial charge in [0.2, 0.25) is 10.0 Å². The van der Waals surface area contributed by atoms with Gasteiger partial charge in [0.05, 0.1) is 16.9 Å². The number of nitrogens with two attached hydrogens (primary N) is 1. The van der Waals surface area contributed by atoms with Gasteiger partial charge in [0, 0.05) is 18.7 Å². The van der Waals surface area contributed by atoms with Crippen LogP contribution < -0.4 is 15.2 Å². The number of hydrogen-bond acceptors (Lipinski definition) is 6. The van der Waals surface area contributed by atoms with Crippen LogP contribution in [0.15, 0.2) is 23.1 Å². The first kappa shape index (κ1) is 15.3. The molecule has 0 aliphatic carbocycles. The van der Waals surface area contributed by atoms with Gasteiger partial charge in [-0.25, -0.2) is 13.1 Å². The van der Waals surface area contributed by atoms with Crippen LogP contribution in [0.3, 0.4) is 0 Å². The zero-order chi connectivity index (χ0) is 14.6. The zero-order valence-corrected chi connectivity index (χ0v) is 11.3. The van der Waals surface area contributed by atoms with Crippen molar-refractivity contribution in [3.05, 3.63) is 28.3 Å². The predicted molar refractivity (Wildman–Crippen MR) is 68.5 cm³/mol. The Labute approximate surface area is 110 Å². The van der Waals surface area contributed by atoms with E-state index >= 15 is 0 Å². The third-order valence-electron chi connectivity index (χ3n) is 2.37. The molecule has 8 nitrogen and oxygen atoms in total. The molecule has 1 unspecified atom stereocenters. The number of hydrogen-bond donors (Lipinski definition) is 2. The second kappa shape index (κ2) is 5.95. The summed E-state index contributed by atoms with van der Waals surface area (Å²) < 4.78 is 31.0. The molecule has 0 aliphatic rings. The number of nitrogens with zero attached hydrogens (tertiary/aromatic N) is 1. The second-order valence-electron chi connectivity index (χ2n) is 3.85. The summed E-state index contributed by atoms with van der Waals surface area (Å²) >= 11 is 0. The van der Waals surface area contributed by atoms with E-state index in [9.17, 15) is 18.5 Å². The first-order valence-electron chi connectivity index (χ1n) is 5.36. The molecular formula is C10H15N3O5S. The maximum atomic E-state index is 11.9. The highest BCUT2D eigenvalue weighted by molar-refractivity contribution is 7.89. The van der Waals surface area contributed by atoms with Gasteiger partial charge in [0.15, 0.2) is 5.75 Å². The highest BCUT2D eigenvalue weighted by Crippen LogP contribution is 2.29. The Kier molecular flexibility index (Phi) is 4.81. The molecule has 0 aromatic heterocycles. The molecule has 0 saturated heterocycles. The summed E-state index contributed by atoms with van der Waals surface area (Å²) in [6.45, 7) is 1.72. The van der Waals surface area contributed by atoms with Crippen LogP contribution in [0, 0.1) is 10.1 Å². The smallest absolute Gasteiger partial charge is 0.312 e. The van der Waals surface area contributed by atoms with Crippen LogP contribution in [0.1, 0.15) is 6.92 Å². The largest absolute Gasteiger partial charge is 0.490 e. The molecule has 0 radical (unpaired) electrons. The van der Waals surface area contributed by atoms with Crippen LogP contribution in [-0.4, -0.2) is 33.0 Å². The molecular weight excluding hydrogens is 274 g/mol. The summed E-state index contributed by atoms with van der Waals surface area (Å²) in [6, 6.07) is 2.95. The standard InChI is InChI=1S/C10H15N3O5S/c1-7(6-11)12-19(16,17)8-3-4-10(18-2)9(5-8)13(14)15/h3-5,7,12H,6,11H2,1-2H3. The Balaban J connectivity index is 3.22. The Bertz CT molecular complexity index is 573. The van der Waals surface area contributed by atoms with Gasteiger partial charge in [-0.3, -0.25) is 10.1 Å². The van der Waals surface area contributed by atoms with E-state index in [0.717, 1.165) is 6.07 Å². The molecule has 1 aromatic rings. The van der Waals surface area contributed by atoms with Crippen molar-refractivity contribution >= 4 is 15.7 Å². The van der Waals surface area contributed by atoms with Gasteiger partial charge >= 0.3 is 5.69 Å². The summed E-state index contributed by atoms with van der Waals surface area (Å²) in [6.07, 6.45) is 0. The van der Waals surface area contributed by atoms with Crippen molar-refractivity contribution < 1.29 is 18.1 Å². The van der Waals surface area contributed by atoms with E-state index in [0.29, 0.717) is 0 Å². The van der Waals surface area contributed by atoms with Crippen LogP contribution >= 0.6 is 0 Å². The number of benzene rings is 1. The molecule has 0 saturated carbocycles. The lowest BCUT2D eigenvalue weighted by atomic mass is 10.3. The van der Waals surface area contributed by atoms with Crippen LogP contribution in [0.4, 0.5) is 5.69 Å². The minimum atomic E-state index is -3.84. The average Bonchev–Trinajstić information content (AvgIpc) is 2.37. The molecule has 1 aromatic carbocycles. The number of ether oxygens (including phenoxy) is 1. The second-order valence-corrected chi connectivity index (χ2v) is 5.56. The van der Waals surface area contributed by atoms with E-state index in [1.807, 2.05) is 0 Å². The molecule has 1 atom stereocenters. The van der Waals surface area contributed by atoms with Crippen molar-refractivity contribution in [1.29, 1.82) is 0 Å². The number of nitrogens with one attached hydrogen (secondary N) is 1. The van der Waals surface area contributed by atoms with Gasteiger partial charge < -0.3 is 10.5 Å². The third kappa shape index (κ3) is 3.63. The first-order chi connectivity index (χ1) is 8.81. The predicted octanol–water partition coefficient (Wildman–Crippen LogP) is 0.229. The number of sulfonamides is 1. The highest BCUT2D eigenvalue weighted by Gasteiger charge is 2.22. The van der Waals surface area contributed by atoms with E-state index in [1.165, 1.54) is 19.2 Å². The molecule has 0 heterocycles. The summed E-state index contributed by atoms with van der Waals surface area (Å²) in [5.41, 5.74) is 4.91. The monoisotopic (exact) mass is 289 g/mol. The Morgan fingerprint density at radius 3 is 2.63 bits per heavy atom. The van der Waals surface area contributed by atoms with Crippen LogP contribution in [-0.2, 0) is 10.0 Å². The SMILES string of the molecule is COc1ccc(S(=O)(=O)NC(C)CN)cc1[N+](=O)[O-]. The van der Waals surface area contributed by atoms with E-state index in [1.54, 1.807) is 6.92 Å². The molecule has 0 aliphatic heterocycles. The summed E-state index contributed by atoms with van der Waals surface area (Å²) in [5.74, 6) is -0.00387. The van der Waals surface area contributed by atoms with Crippen LogP contribution in [0.2, 0.25) is 0 Å². The van der Waals surface area contributed by atoms with Crippen molar-refractivity contribution in [2.24, 2.45) is 5.73 Å². The lowest BCUT2D eigenvalue weighted by molar-refractivity contribution is -0.386. The number of nitro benzene ring substituents is 1. The average molecular weight is 289 g/mol. The molecule has 0 amide bonds. The normalized spacial score (nSPS) is 13.0. The van der Waals surface area contributed by atoms with E-state index in [4.69, 9.17) is 10.5 Å². The quantitative estimate of drug-likeness (QED) is 0.570. The van der Waals surface area contributed by atoms with Gasteiger partial charge in [0.25, 0.3) is 0 Å². The lowest BCUT2D eigenvalue weighted by Gasteiger charge is -2.12.